The maximum Gasteiger partial charge on any atom is 0.137 e. The molecule has 0 saturated carbocycles. The first kappa shape index (κ1) is 14.9. The average Bonchev–Trinajstić information content (AvgIpc) is 2.57. The minimum absolute atomic E-state index is 0.00995. The second-order valence-corrected chi connectivity index (χ2v) is 7.00. The van der Waals surface area contributed by atoms with E-state index in [1.54, 1.807) is 12.1 Å². The van der Waals surface area contributed by atoms with Crippen LogP contribution in [0.1, 0.15) is 38.9 Å². The van der Waals surface area contributed by atoms with Crippen molar-refractivity contribution in [3.63, 3.8) is 0 Å². The van der Waals surface area contributed by atoms with E-state index in [9.17, 15) is 4.39 Å². The third-order valence-corrected chi connectivity index (χ3v) is 4.24. The van der Waals surface area contributed by atoms with E-state index in [-0.39, 0.29) is 17.3 Å². The zero-order chi connectivity index (χ0) is 14.0. The summed E-state index contributed by atoms with van der Waals surface area (Å²) in [5.41, 5.74) is 1.23. The molecule has 1 heterocycles. The van der Waals surface area contributed by atoms with Crippen LogP contribution in [0.25, 0.3) is 0 Å². The van der Waals surface area contributed by atoms with Gasteiger partial charge in [0.2, 0.25) is 0 Å². The van der Waals surface area contributed by atoms with Crippen molar-refractivity contribution in [2.24, 2.45) is 5.41 Å². The largest absolute Gasteiger partial charge is 0.372 e. The van der Waals surface area contributed by atoms with E-state index in [1.807, 2.05) is 0 Å². The molecule has 19 heavy (non-hydrogen) atoms. The highest BCUT2D eigenvalue weighted by atomic mass is 79.9. The first-order chi connectivity index (χ1) is 8.88. The second-order valence-electron chi connectivity index (χ2n) is 6.15. The summed E-state index contributed by atoms with van der Waals surface area (Å²) in [6, 6.07) is 5.53. The van der Waals surface area contributed by atoms with Crippen molar-refractivity contribution in [2.75, 3.05) is 13.2 Å². The molecule has 1 saturated heterocycles. The van der Waals surface area contributed by atoms with Crippen molar-refractivity contribution in [1.82, 2.24) is 5.32 Å². The van der Waals surface area contributed by atoms with Gasteiger partial charge in [0.05, 0.1) is 10.6 Å². The molecule has 1 aliphatic heterocycles. The molecule has 2 rings (SSSR count). The molecule has 0 spiro atoms. The fourth-order valence-corrected chi connectivity index (χ4v) is 2.80. The Hall–Kier alpha value is -0.450. The summed E-state index contributed by atoms with van der Waals surface area (Å²) < 4.78 is 19.7. The topological polar surface area (TPSA) is 21.3 Å². The Balaban J connectivity index is 2.08. The number of hydrogen-bond donors (Lipinski definition) is 1. The molecule has 1 N–H and O–H groups in total. The van der Waals surface area contributed by atoms with Crippen molar-refractivity contribution in [2.45, 2.75) is 39.3 Å². The highest BCUT2D eigenvalue weighted by Crippen LogP contribution is 2.28. The SMILES string of the molecule is CC(C)(C)C1CCOC(c2ccc(F)c(Br)c2)CN1. The lowest BCUT2D eigenvalue weighted by Gasteiger charge is -2.30. The minimum Gasteiger partial charge on any atom is -0.372 e. The zero-order valence-electron chi connectivity index (χ0n) is 11.7. The molecule has 1 aromatic rings. The Morgan fingerprint density at radius 1 is 1.37 bits per heavy atom. The van der Waals surface area contributed by atoms with Crippen molar-refractivity contribution >= 4 is 15.9 Å². The highest BCUT2D eigenvalue weighted by molar-refractivity contribution is 9.10. The van der Waals surface area contributed by atoms with E-state index in [0.717, 1.165) is 25.1 Å². The van der Waals surface area contributed by atoms with E-state index in [2.05, 4.69) is 42.0 Å². The third kappa shape index (κ3) is 3.77. The van der Waals surface area contributed by atoms with Gasteiger partial charge in [-0.2, -0.15) is 0 Å². The van der Waals surface area contributed by atoms with Crippen LogP contribution in [0.5, 0.6) is 0 Å². The number of rotatable bonds is 1. The standard InChI is InChI=1S/C15H21BrFNO/c1-15(2,3)14-6-7-19-13(9-18-14)10-4-5-12(17)11(16)8-10/h4-5,8,13-14,18H,6-7,9H2,1-3H3. The van der Waals surface area contributed by atoms with Crippen LogP contribution in [0, 0.1) is 11.2 Å². The van der Waals surface area contributed by atoms with E-state index in [0.29, 0.717) is 10.5 Å². The second kappa shape index (κ2) is 5.90. The van der Waals surface area contributed by atoms with E-state index >= 15 is 0 Å². The summed E-state index contributed by atoms with van der Waals surface area (Å²) in [6.45, 7) is 8.20. The van der Waals surface area contributed by atoms with Crippen molar-refractivity contribution in [3.05, 3.63) is 34.1 Å². The van der Waals surface area contributed by atoms with Crippen LogP contribution in [-0.2, 0) is 4.74 Å². The quantitative estimate of drug-likeness (QED) is 0.839. The average molecular weight is 330 g/mol. The van der Waals surface area contributed by atoms with Gasteiger partial charge in [-0.15, -0.1) is 0 Å². The lowest BCUT2D eigenvalue weighted by molar-refractivity contribution is 0.0653. The molecule has 4 heteroatoms. The van der Waals surface area contributed by atoms with Gasteiger partial charge in [-0.25, -0.2) is 4.39 Å². The summed E-state index contributed by atoms with van der Waals surface area (Å²) >= 11 is 3.22. The lowest BCUT2D eigenvalue weighted by Crippen LogP contribution is -2.40. The van der Waals surface area contributed by atoms with Gasteiger partial charge in [0.1, 0.15) is 5.82 Å². The van der Waals surface area contributed by atoms with Crippen LogP contribution in [0.4, 0.5) is 4.39 Å². The fraction of sp³-hybridized carbons (Fsp3) is 0.600. The number of halogens is 2. The van der Waals surface area contributed by atoms with Gasteiger partial charge < -0.3 is 10.1 Å². The highest BCUT2D eigenvalue weighted by Gasteiger charge is 2.28. The van der Waals surface area contributed by atoms with Crippen LogP contribution in [0.2, 0.25) is 0 Å². The first-order valence-electron chi connectivity index (χ1n) is 6.68. The van der Waals surface area contributed by atoms with Gasteiger partial charge in [0.25, 0.3) is 0 Å². The van der Waals surface area contributed by atoms with Gasteiger partial charge in [-0.3, -0.25) is 0 Å². The smallest absolute Gasteiger partial charge is 0.137 e. The van der Waals surface area contributed by atoms with E-state index in [4.69, 9.17) is 4.74 Å². The maximum absolute atomic E-state index is 13.3. The molecule has 0 aromatic heterocycles. The Labute approximate surface area is 122 Å². The molecule has 2 nitrogen and oxygen atoms in total. The zero-order valence-corrected chi connectivity index (χ0v) is 13.3. The normalized spacial score (nSPS) is 25.1. The molecule has 2 atom stereocenters. The van der Waals surface area contributed by atoms with Crippen molar-refractivity contribution < 1.29 is 9.13 Å². The Kier molecular flexibility index (Phi) is 4.64. The van der Waals surface area contributed by atoms with Crippen LogP contribution >= 0.6 is 15.9 Å². The number of ether oxygens (including phenoxy) is 1. The number of hydrogen-bond acceptors (Lipinski definition) is 2. The first-order valence-corrected chi connectivity index (χ1v) is 7.47. The molecule has 106 valence electrons. The van der Waals surface area contributed by atoms with Crippen LogP contribution < -0.4 is 5.32 Å². The third-order valence-electron chi connectivity index (χ3n) is 3.64. The summed E-state index contributed by atoms with van der Waals surface area (Å²) in [7, 11) is 0. The summed E-state index contributed by atoms with van der Waals surface area (Å²) in [5.74, 6) is -0.238. The van der Waals surface area contributed by atoms with Crippen LogP contribution in [0.3, 0.4) is 0 Å². The van der Waals surface area contributed by atoms with Crippen LogP contribution in [0.15, 0.2) is 22.7 Å². The molecular weight excluding hydrogens is 309 g/mol. The van der Waals surface area contributed by atoms with Gasteiger partial charge >= 0.3 is 0 Å². The predicted molar refractivity (Wildman–Crippen MR) is 78.7 cm³/mol. The molecule has 1 aliphatic rings. The summed E-state index contributed by atoms with van der Waals surface area (Å²) in [4.78, 5) is 0. The fourth-order valence-electron chi connectivity index (χ4n) is 2.40. The Morgan fingerprint density at radius 2 is 2.11 bits per heavy atom. The monoisotopic (exact) mass is 329 g/mol. The van der Waals surface area contributed by atoms with Gasteiger partial charge in [0.15, 0.2) is 0 Å². The Bertz CT molecular complexity index is 444. The molecule has 0 aliphatic carbocycles. The number of nitrogens with one attached hydrogen (secondary N) is 1. The Morgan fingerprint density at radius 3 is 2.74 bits per heavy atom. The molecule has 0 radical (unpaired) electrons. The molecule has 0 bridgehead atoms. The van der Waals surface area contributed by atoms with Crippen LogP contribution in [-0.4, -0.2) is 19.2 Å². The number of benzene rings is 1. The minimum atomic E-state index is -0.238. The van der Waals surface area contributed by atoms with Crippen molar-refractivity contribution in [3.8, 4) is 0 Å². The van der Waals surface area contributed by atoms with Gasteiger partial charge in [-0.1, -0.05) is 26.8 Å². The lowest BCUT2D eigenvalue weighted by atomic mass is 9.85. The predicted octanol–water partition coefficient (Wildman–Crippen LogP) is 4.05. The van der Waals surface area contributed by atoms with E-state index in [1.165, 1.54) is 6.07 Å². The molecule has 1 fully saturated rings. The molecule has 2 unspecified atom stereocenters. The maximum atomic E-state index is 13.3. The van der Waals surface area contributed by atoms with Gasteiger partial charge in [-0.05, 0) is 45.5 Å². The van der Waals surface area contributed by atoms with E-state index < -0.39 is 0 Å². The van der Waals surface area contributed by atoms with Gasteiger partial charge in [0, 0.05) is 19.2 Å². The molecule has 0 amide bonds. The molecule has 1 aromatic carbocycles. The summed E-state index contributed by atoms with van der Waals surface area (Å²) in [5, 5.41) is 3.57. The summed E-state index contributed by atoms with van der Waals surface area (Å²) in [6.07, 6.45) is 0.992. The van der Waals surface area contributed by atoms with Crippen molar-refractivity contribution in [1.29, 1.82) is 0 Å². The molecular formula is C15H21BrFNO.